The van der Waals surface area contributed by atoms with Gasteiger partial charge in [-0.2, -0.15) is 0 Å². The Bertz CT molecular complexity index is 553. The third-order valence-corrected chi connectivity index (χ3v) is 2.95. The van der Waals surface area contributed by atoms with E-state index in [1.807, 2.05) is 0 Å². The Kier molecular flexibility index (Phi) is 1.78. The maximum absolute atomic E-state index is 5.52. The van der Waals surface area contributed by atoms with Crippen LogP contribution in [0, 0.1) is 0 Å². The van der Waals surface area contributed by atoms with Crippen LogP contribution < -0.4 is 4.74 Å². The molecule has 1 aliphatic rings. The van der Waals surface area contributed by atoms with Crippen LogP contribution in [0.15, 0.2) is 36.4 Å². The van der Waals surface area contributed by atoms with Gasteiger partial charge in [-0.05, 0) is 23.4 Å². The summed E-state index contributed by atoms with van der Waals surface area (Å²) in [7, 11) is 1.74. The minimum Gasteiger partial charge on any atom is -0.495 e. The quantitative estimate of drug-likeness (QED) is 0.679. The number of rotatable bonds is 1. The van der Waals surface area contributed by atoms with Gasteiger partial charge in [0.25, 0.3) is 0 Å². The summed E-state index contributed by atoms with van der Waals surface area (Å²) in [5, 5.41) is 2.46. The van der Waals surface area contributed by atoms with Crippen LogP contribution in [0.25, 0.3) is 16.8 Å². The van der Waals surface area contributed by atoms with E-state index in [0.717, 1.165) is 12.2 Å². The van der Waals surface area contributed by atoms with Gasteiger partial charge in [0.2, 0.25) is 0 Å². The molecule has 0 bridgehead atoms. The fraction of sp³-hybridized carbons (Fsp3) is 0.143. The Morgan fingerprint density at radius 3 is 2.93 bits per heavy atom. The van der Waals surface area contributed by atoms with Gasteiger partial charge in [0.15, 0.2) is 0 Å². The third-order valence-electron chi connectivity index (χ3n) is 2.95. The summed E-state index contributed by atoms with van der Waals surface area (Å²) in [6.45, 7) is 0. The topological polar surface area (TPSA) is 9.23 Å². The first-order chi connectivity index (χ1) is 7.40. The van der Waals surface area contributed by atoms with E-state index in [9.17, 15) is 0 Å². The molecular weight excluding hydrogens is 184 g/mol. The lowest BCUT2D eigenvalue weighted by atomic mass is 10.0. The Morgan fingerprint density at radius 1 is 1.20 bits per heavy atom. The lowest BCUT2D eigenvalue weighted by Gasteiger charge is -2.10. The van der Waals surface area contributed by atoms with Crippen molar-refractivity contribution < 1.29 is 4.74 Å². The van der Waals surface area contributed by atoms with Crippen molar-refractivity contribution in [3.05, 3.63) is 47.5 Å². The maximum atomic E-state index is 5.52. The molecular formula is C14H12O. The summed E-state index contributed by atoms with van der Waals surface area (Å²) in [5.74, 6) is 1.01. The molecule has 0 aromatic heterocycles. The van der Waals surface area contributed by atoms with Gasteiger partial charge in [0.1, 0.15) is 5.75 Å². The van der Waals surface area contributed by atoms with Crippen molar-refractivity contribution >= 4 is 16.8 Å². The maximum Gasteiger partial charge on any atom is 0.134 e. The molecule has 0 fully saturated rings. The fourth-order valence-corrected chi connectivity index (χ4v) is 2.26. The minimum absolute atomic E-state index is 1.01. The van der Waals surface area contributed by atoms with E-state index in [-0.39, 0.29) is 0 Å². The van der Waals surface area contributed by atoms with Gasteiger partial charge >= 0.3 is 0 Å². The zero-order chi connectivity index (χ0) is 10.3. The summed E-state index contributed by atoms with van der Waals surface area (Å²) < 4.78 is 5.52. The van der Waals surface area contributed by atoms with Crippen molar-refractivity contribution in [3.8, 4) is 5.75 Å². The zero-order valence-corrected chi connectivity index (χ0v) is 8.66. The molecule has 74 valence electrons. The molecule has 0 saturated heterocycles. The van der Waals surface area contributed by atoms with Gasteiger partial charge in [-0.3, -0.25) is 0 Å². The van der Waals surface area contributed by atoms with Crippen LogP contribution in [0.2, 0.25) is 0 Å². The number of fused-ring (bicyclic) bond motifs is 2. The first-order valence-corrected chi connectivity index (χ1v) is 5.15. The number of methoxy groups -OCH3 is 1. The predicted molar refractivity (Wildman–Crippen MR) is 63.2 cm³/mol. The Labute approximate surface area is 89.0 Å². The van der Waals surface area contributed by atoms with E-state index < -0.39 is 0 Å². The fourth-order valence-electron chi connectivity index (χ4n) is 2.26. The highest BCUT2D eigenvalue weighted by atomic mass is 16.5. The Morgan fingerprint density at radius 2 is 2.07 bits per heavy atom. The number of hydrogen-bond acceptors (Lipinski definition) is 1. The zero-order valence-electron chi connectivity index (χ0n) is 8.66. The van der Waals surface area contributed by atoms with E-state index in [0.29, 0.717) is 0 Å². The second kappa shape index (κ2) is 3.13. The normalized spacial score (nSPS) is 13.1. The summed E-state index contributed by atoms with van der Waals surface area (Å²) in [6, 6.07) is 10.6. The summed E-state index contributed by atoms with van der Waals surface area (Å²) in [6.07, 6.45) is 5.36. The predicted octanol–water partition coefficient (Wildman–Crippen LogP) is 3.42. The molecule has 1 heteroatoms. The van der Waals surface area contributed by atoms with Gasteiger partial charge < -0.3 is 4.74 Å². The van der Waals surface area contributed by atoms with Crippen molar-refractivity contribution in [1.82, 2.24) is 0 Å². The highest BCUT2D eigenvalue weighted by Crippen LogP contribution is 2.36. The van der Waals surface area contributed by atoms with Crippen LogP contribution in [0.3, 0.4) is 0 Å². The Balaban J connectivity index is 2.44. The lowest BCUT2D eigenvalue weighted by molar-refractivity contribution is 0.418. The molecule has 0 unspecified atom stereocenters. The molecule has 1 aliphatic carbocycles. The number of ether oxygens (including phenoxy) is 1. The number of hydrogen-bond donors (Lipinski definition) is 0. The van der Waals surface area contributed by atoms with Crippen molar-refractivity contribution in [2.75, 3.05) is 7.11 Å². The monoisotopic (exact) mass is 196 g/mol. The first kappa shape index (κ1) is 8.54. The van der Waals surface area contributed by atoms with Crippen LogP contribution in [-0.4, -0.2) is 7.11 Å². The average Bonchev–Trinajstić information content (AvgIpc) is 2.73. The highest BCUT2D eigenvalue weighted by molar-refractivity contribution is 5.94. The van der Waals surface area contributed by atoms with E-state index in [2.05, 4.69) is 42.5 Å². The van der Waals surface area contributed by atoms with Crippen molar-refractivity contribution in [2.45, 2.75) is 6.42 Å². The van der Waals surface area contributed by atoms with Gasteiger partial charge in [-0.15, -0.1) is 0 Å². The van der Waals surface area contributed by atoms with E-state index in [1.165, 1.54) is 21.9 Å². The minimum atomic E-state index is 1.01. The van der Waals surface area contributed by atoms with E-state index in [4.69, 9.17) is 4.74 Å². The molecule has 0 spiro atoms. The van der Waals surface area contributed by atoms with Gasteiger partial charge in [-0.25, -0.2) is 0 Å². The smallest absolute Gasteiger partial charge is 0.134 e. The molecule has 0 radical (unpaired) electrons. The largest absolute Gasteiger partial charge is 0.495 e. The number of benzene rings is 2. The number of allylic oxidation sites excluding steroid dienone is 1. The highest BCUT2D eigenvalue weighted by Gasteiger charge is 2.13. The van der Waals surface area contributed by atoms with E-state index >= 15 is 0 Å². The standard InChI is InChI=1S/C14H12O/c1-15-14-12-7-3-2-5-10(12)9-11-6-4-8-13(11)14/h2-5,7-9H,6H2,1H3. The molecule has 0 atom stereocenters. The SMILES string of the molecule is COc1c2c(cc3ccccc13)CC=C2. The summed E-state index contributed by atoms with van der Waals surface area (Å²) in [5.41, 5.74) is 2.61. The van der Waals surface area contributed by atoms with Crippen molar-refractivity contribution in [3.63, 3.8) is 0 Å². The molecule has 0 saturated carbocycles. The van der Waals surface area contributed by atoms with Crippen molar-refractivity contribution in [1.29, 1.82) is 0 Å². The lowest BCUT2D eigenvalue weighted by Crippen LogP contribution is -1.91. The molecule has 2 aromatic rings. The van der Waals surface area contributed by atoms with Gasteiger partial charge in [0.05, 0.1) is 7.11 Å². The van der Waals surface area contributed by atoms with Crippen LogP contribution >= 0.6 is 0 Å². The Hall–Kier alpha value is -1.76. The molecule has 0 aliphatic heterocycles. The second-order valence-corrected chi connectivity index (χ2v) is 3.81. The molecule has 0 heterocycles. The van der Waals surface area contributed by atoms with Gasteiger partial charge in [0, 0.05) is 10.9 Å². The van der Waals surface area contributed by atoms with E-state index in [1.54, 1.807) is 7.11 Å². The summed E-state index contributed by atoms with van der Waals surface area (Å²) in [4.78, 5) is 0. The van der Waals surface area contributed by atoms with Gasteiger partial charge in [-0.1, -0.05) is 36.4 Å². The first-order valence-electron chi connectivity index (χ1n) is 5.15. The molecule has 0 N–H and O–H groups in total. The molecule has 2 aromatic carbocycles. The molecule has 1 nitrogen and oxygen atoms in total. The van der Waals surface area contributed by atoms with Crippen LogP contribution in [0.4, 0.5) is 0 Å². The van der Waals surface area contributed by atoms with Crippen molar-refractivity contribution in [2.24, 2.45) is 0 Å². The van der Waals surface area contributed by atoms with Crippen LogP contribution in [0.1, 0.15) is 11.1 Å². The average molecular weight is 196 g/mol. The molecule has 0 amide bonds. The molecule has 3 rings (SSSR count). The van der Waals surface area contributed by atoms with Crippen LogP contribution in [-0.2, 0) is 6.42 Å². The van der Waals surface area contributed by atoms with Crippen LogP contribution in [0.5, 0.6) is 5.75 Å². The molecule has 15 heavy (non-hydrogen) atoms. The summed E-state index contributed by atoms with van der Waals surface area (Å²) >= 11 is 0. The third kappa shape index (κ3) is 1.16. The second-order valence-electron chi connectivity index (χ2n) is 3.81.